The molecule has 0 saturated carbocycles. The minimum Gasteiger partial charge on any atom is -0.339 e. The van der Waals surface area contributed by atoms with Crippen molar-refractivity contribution in [1.82, 2.24) is 9.88 Å². The van der Waals surface area contributed by atoms with Crippen LogP contribution < -0.4 is 0 Å². The number of halogens is 1. The van der Waals surface area contributed by atoms with E-state index in [2.05, 4.69) is 0 Å². The van der Waals surface area contributed by atoms with E-state index >= 15 is 0 Å². The number of carbonyl (C=O) groups excluding carboxylic acids is 1. The summed E-state index contributed by atoms with van der Waals surface area (Å²) in [4.78, 5) is 20.3. The van der Waals surface area contributed by atoms with Gasteiger partial charge in [-0.25, -0.2) is 4.98 Å². The second kappa shape index (κ2) is 7.69. The molecule has 0 aliphatic carbocycles. The zero-order valence-corrected chi connectivity index (χ0v) is 16.3. The van der Waals surface area contributed by atoms with Crippen molar-refractivity contribution in [3.8, 4) is 11.3 Å². The Bertz CT molecular complexity index is 974. The van der Waals surface area contributed by atoms with Crippen LogP contribution in [0.25, 0.3) is 22.2 Å². The molecule has 2 aromatic carbocycles. The molecular formula is C23H23ClN2O. The van der Waals surface area contributed by atoms with E-state index in [9.17, 15) is 4.79 Å². The molecule has 1 aliphatic rings. The first kappa shape index (κ1) is 18.0. The van der Waals surface area contributed by atoms with Crippen LogP contribution in [0.5, 0.6) is 0 Å². The highest BCUT2D eigenvalue weighted by atomic mass is 35.5. The Hall–Kier alpha value is -2.39. The van der Waals surface area contributed by atoms with Gasteiger partial charge in [-0.1, -0.05) is 54.8 Å². The summed E-state index contributed by atoms with van der Waals surface area (Å²) in [5, 5.41) is 1.62. The van der Waals surface area contributed by atoms with Crippen molar-refractivity contribution in [2.75, 3.05) is 13.1 Å². The Morgan fingerprint density at radius 1 is 1.00 bits per heavy atom. The topological polar surface area (TPSA) is 33.2 Å². The maximum atomic E-state index is 13.4. The number of carbonyl (C=O) groups is 1. The van der Waals surface area contributed by atoms with E-state index in [-0.39, 0.29) is 5.91 Å². The van der Waals surface area contributed by atoms with E-state index in [1.807, 2.05) is 60.4 Å². The SMILES string of the molecule is Cc1cccc2c(C(=O)N3CCCCCC3)cc(-c3ccc(Cl)cc3)nc12. The molecule has 1 fully saturated rings. The van der Waals surface area contributed by atoms with E-state index < -0.39 is 0 Å². The van der Waals surface area contributed by atoms with Crippen molar-refractivity contribution in [2.24, 2.45) is 0 Å². The molecular weight excluding hydrogens is 356 g/mol. The van der Waals surface area contributed by atoms with Crippen LogP contribution in [-0.2, 0) is 0 Å². The smallest absolute Gasteiger partial charge is 0.254 e. The Kier molecular flexibility index (Phi) is 5.13. The van der Waals surface area contributed by atoms with Gasteiger partial charge in [-0.05, 0) is 43.5 Å². The van der Waals surface area contributed by atoms with Crippen LogP contribution in [0.15, 0.2) is 48.5 Å². The van der Waals surface area contributed by atoms with Crippen LogP contribution >= 0.6 is 11.6 Å². The number of amides is 1. The zero-order valence-electron chi connectivity index (χ0n) is 15.5. The molecule has 0 spiro atoms. The Morgan fingerprint density at radius 3 is 2.41 bits per heavy atom. The second-order valence-corrected chi connectivity index (χ2v) is 7.68. The Labute approximate surface area is 165 Å². The maximum absolute atomic E-state index is 13.4. The highest BCUT2D eigenvalue weighted by Gasteiger charge is 2.21. The van der Waals surface area contributed by atoms with Crippen molar-refractivity contribution in [1.29, 1.82) is 0 Å². The predicted octanol–water partition coefficient (Wildman–Crippen LogP) is 5.88. The lowest BCUT2D eigenvalue weighted by atomic mass is 10.0. The van der Waals surface area contributed by atoms with Gasteiger partial charge in [-0.2, -0.15) is 0 Å². The molecule has 1 aromatic heterocycles. The Balaban J connectivity index is 1.86. The van der Waals surface area contributed by atoms with Gasteiger partial charge in [0.15, 0.2) is 0 Å². The molecule has 1 aliphatic heterocycles. The lowest BCUT2D eigenvalue weighted by molar-refractivity contribution is 0.0763. The number of rotatable bonds is 2. The normalized spacial score (nSPS) is 15.0. The van der Waals surface area contributed by atoms with Gasteiger partial charge in [0.1, 0.15) is 0 Å². The molecule has 1 amide bonds. The lowest BCUT2D eigenvalue weighted by Crippen LogP contribution is -2.32. The van der Waals surface area contributed by atoms with Gasteiger partial charge in [-0.3, -0.25) is 4.79 Å². The van der Waals surface area contributed by atoms with Gasteiger partial charge in [0.2, 0.25) is 0 Å². The van der Waals surface area contributed by atoms with Gasteiger partial charge >= 0.3 is 0 Å². The number of likely N-dealkylation sites (tertiary alicyclic amines) is 1. The number of nitrogens with zero attached hydrogens (tertiary/aromatic N) is 2. The van der Waals surface area contributed by atoms with Gasteiger partial charge < -0.3 is 4.90 Å². The van der Waals surface area contributed by atoms with E-state index in [0.717, 1.165) is 59.2 Å². The molecule has 0 bridgehead atoms. The molecule has 2 heterocycles. The van der Waals surface area contributed by atoms with E-state index in [4.69, 9.17) is 16.6 Å². The van der Waals surface area contributed by atoms with Crippen LogP contribution in [-0.4, -0.2) is 28.9 Å². The maximum Gasteiger partial charge on any atom is 0.254 e. The summed E-state index contributed by atoms with van der Waals surface area (Å²) in [6.07, 6.45) is 4.57. The molecule has 4 rings (SSSR count). The third-order valence-electron chi connectivity index (χ3n) is 5.30. The first-order chi connectivity index (χ1) is 13.1. The van der Waals surface area contributed by atoms with E-state index in [0.29, 0.717) is 5.02 Å². The van der Waals surface area contributed by atoms with Gasteiger partial charge in [-0.15, -0.1) is 0 Å². The van der Waals surface area contributed by atoms with Crippen molar-refractivity contribution in [3.63, 3.8) is 0 Å². The average molecular weight is 379 g/mol. The molecule has 0 unspecified atom stereocenters. The number of hydrogen-bond acceptors (Lipinski definition) is 2. The fourth-order valence-electron chi connectivity index (χ4n) is 3.78. The second-order valence-electron chi connectivity index (χ2n) is 7.24. The van der Waals surface area contributed by atoms with Crippen molar-refractivity contribution in [2.45, 2.75) is 32.6 Å². The molecule has 138 valence electrons. The Morgan fingerprint density at radius 2 is 1.70 bits per heavy atom. The molecule has 0 radical (unpaired) electrons. The molecule has 1 saturated heterocycles. The summed E-state index contributed by atoms with van der Waals surface area (Å²) >= 11 is 6.04. The molecule has 3 nitrogen and oxygen atoms in total. The van der Waals surface area contributed by atoms with Gasteiger partial charge in [0.05, 0.1) is 16.8 Å². The number of para-hydroxylation sites is 1. The molecule has 4 heteroatoms. The number of benzene rings is 2. The van der Waals surface area contributed by atoms with E-state index in [1.165, 1.54) is 12.8 Å². The number of hydrogen-bond donors (Lipinski definition) is 0. The fourth-order valence-corrected chi connectivity index (χ4v) is 3.91. The number of aryl methyl sites for hydroxylation is 1. The van der Waals surface area contributed by atoms with Crippen LogP contribution in [0.1, 0.15) is 41.6 Å². The summed E-state index contributed by atoms with van der Waals surface area (Å²) in [6, 6.07) is 15.6. The fraction of sp³-hybridized carbons (Fsp3) is 0.304. The van der Waals surface area contributed by atoms with Gasteiger partial charge in [0, 0.05) is 29.1 Å². The van der Waals surface area contributed by atoms with Crippen molar-refractivity contribution >= 4 is 28.4 Å². The first-order valence-corrected chi connectivity index (χ1v) is 9.97. The third-order valence-corrected chi connectivity index (χ3v) is 5.56. The standard InChI is InChI=1S/C23H23ClN2O/c1-16-7-6-8-19-20(23(27)26-13-4-2-3-5-14-26)15-21(25-22(16)19)17-9-11-18(24)12-10-17/h6-12,15H,2-5,13-14H2,1H3. The summed E-state index contributed by atoms with van der Waals surface area (Å²) in [6.45, 7) is 3.72. The lowest BCUT2D eigenvalue weighted by Gasteiger charge is -2.22. The predicted molar refractivity (Wildman–Crippen MR) is 111 cm³/mol. The molecule has 27 heavy (non-hydrogen) atoms. The molecule has 0 atom stereocenters. The van der Waals surface area contributed by atoms with Crippen LogP contribution in [0.3, 0.4) is 0 Å². The summed E-state index contributed by atoms with van der Waals surface area (Å²) in [5.74, 6) is 0.116. The van der Waals surface area contributed by atoms with Crippen molar-refractivity contribution in [3.05, 3.63) is 64.7 Å². The van der Waals surface area contributed by atoms with E-state index in [1.54, 1.807) is 0 Å². The summed E-state index contributed by atoms with van der Waals surface area (Å²) in [7, 11) is 0. The van der Waals surface area contributed by atoms with Crippen LogP contribution in [0.4, 0.5) is 0 Å². The van der Waals surface area contributed by atoms with Crippen molar-refractivity contribution < 1.29 is 4.79 Å². The minimum atomic E-state index is 0.116. The largest absolute Gasteiger partial charge is 0.339 e. The monoisotopic (exact) mass is 378 g/mol. The quantitative estimate of drug-likeness (QED) is 0.557. The highest BCUT2D eigenvalue weighted by molar-refractivity contribution is 6.30. The highest BCUT2D eigenvalue weighted by Crippen LogP contribution is 2.29. The average Bonchev–Trinajstić information content (AvgIpc) is 2.97. The zero-order chi connectivity index (χ0) is 18.8. The number of pyridine rings is 1. The molecule has 0 N–H and O–H groups in total. The number of fused-ring (bicyclic) bond motifs is 1. The number of aromatic nitrogens is 1. The summed E-state index contributed by atoms with van der Waals surface area (Å²) in [5.41, 5.74) is 4.49. The van der Waals surface area contributed by atoms with Gasteiger partial charge in [0.25, 0.3) is 5.91 Å². The first-order valence-electron chi connectivity index (χ1n) is 9.59. The van der Waals surface area contributed by atoms with Crippen LogP contribution in [0.2, 0.25) is 5.02 Å². The summed E-state index contributed by atoms with van der Waals surface area (Å²) < 4.78 is 0. The molecule has 3 aromatic rings. The minimum absolute atomic E-state index is 0.116. The van der Waals surface area contributed by atoms with Crippen LogP contribution in [0, 0.1) is 6.92 Å². The third kappa shape index (κ3) is 3.70.